The molecule has 0 bridgehead atoms. The molecule has 1 aromatic carbocycles. The molecule has 0 atom stereocenters. The molecule has 0 radical (unpaired) electrons. The van der Waals surface area contributed by atoms with Gasteiger partial charge >= 0.3 is 5.97 Å². The average molecular weight is 378 g/mol. The van der Waals surface area contributed by atoms with Crippen LogP contribution in [0.4, 0.5) is 0 Å². The molecule has 0 fully saturated rings. The Morgan fingerprint density at radius 3 is 2.74 bits per heavy atom. The zero-order valence-electron chi connectivity index (χ0n) is 12.0. The van der Waals surface area contributed by atoms with E-state index in [0.717, 1.165) is 4.52 Å². The highest BCUT2D eigenvalue weighted by Gasteiger charge is 2.24. The molecule has 7 nitrogen and oxygen atoms in total. The molecule has 2 N–H and O–H groups in total. The molecule has 0 aliphatic rings. The van der Waals surface area contributed by atoms with Crippen molar-refractivity contribution in [2.24, 2.45) is 0 Å². The van der Waals surface area contributed by atoms with Crippen LogP contribution in [0.2, 0.25) is 0 Å². The number of carbonyl (C=O) groups excluding carboxylic acids is 1. The van der Waals surface area contributed by atoms with Gasteiger partial charge in [0.25, 0.3) is 5.56 Å². The lowest BCUT2D eigenvalue weighted by Crippen LogP contribution is -2.14. The molecule has 8 heteroatoms. The third-order valence-electron chi connectivity index (χ3n) is 3.27. The van der Waals surface area contributed by atoms with Gasteiger partial charge in [0.1, 0.15) is 15.7 Å². The highest BCUT2D eigenvalue weighted by Crippen LogP contribution is 2.29. The number of H-pyrrole nitrogens is 1. The number of aromatic amines is 1. The molecule has 0 aliphatic carbocycles. The highest BCUT2D eigenvalue weighted by atomic mass is 79.9. The molecule has 0 aliphatic heterocycles. The van der Waals surface area contributed by atoms with Crippen molar-refractivity contribution < 1.29 is 14.6 Å². The van der Waals surface area contributed by atoms with Gasteiger partial charge in [0.2, 0.25) is 5.88 Å². The molecule has 2 heterocycles. The van der Waals surface area contributed by atoms with Crippen molar-refractivity contribution in [3.63, 3.8) is 0 Å². The first-order valence-electron chi connectivity index (χ1n) is 6.80. The summed E-state index contributed by atoms with van der Waals surface area (Å²) in [7, 11) is 0. The number of hydrogen-bond acceptors (Lipinski definition) is 5. The van der Waals surface area contributed by atoms with Crippen molar-refractivity contribution in [3.8, 4) is 17.0 Å². The predicted octanol–water partition coefficient (Wildman–Crippen LogP) is 2.33. The van der Waals surface area contributed by atoms with Gasteiger partial charge in [-0.1, -0.05) is 30.3 Å². The molecule has 3 aromatic rings. The average Bonchev–Trinajstić information content (AvgIpc) is 2.85. The number of carbonyl (C=O) groups is 1. The van der Waals surface area contributed by atoms with E-state index in [4.69, 9.17) is 4.74 Å². The monoisotopic (exact) mass is 377 g/mol. The van der Waals surface area contributed by atoms with E-state index in [2.05, 4.69) is 26.0 Å². The normalized spacial score (nSPS) is 10.9. The molecule has 0 saturated carbocycles. The number of fused-ring (bicyclic) bond motifs is 1. The van der Waals surface area contributed by atoms with Gasteiger partial charge in [-0.05, 0) is 28.4 Å². The van der Waals surface area contributed by atoms with E-state index in [1.54, 1.807) is 37.3 Å². The molecular formula is C15H12BrN3O4. The van der Waals surface area contributed by atoms with Crippen molar-refractivity contribution in [2.45, 2.75) is 6.92 Å². The second kappa shape index (κ2) is 5.88. The van der Waals surface area contributed by atoms with Gasteiger partial charge in [0.05, 0.1) is 6.61 Å². The van der Waals surface area contributed by atoms with Gasteiger partial charge in [0.15, 0.2) is 5.65 Å². The minimum atomic E-state index is -0.642. The number of halogens is 1. The topological polar surface area (TPSA) is 96.7 Å². The summed E-state index contributed by atoms with van der Waals surface area (Å²) >= 11 is 3.15. The number of ether oxygens (including phenoxy) is 1. The minimum Gasteiger partial charge on any atom is -0.493 e. The van der Waals surface area contributed by atoms with E-state index in [9.17, 15) is 14.7 Å². The van der Waals surface area contributed by atoms with Gasteiger partial charge in [0, 0.05) is 0 Å². The lowest BCUT2D eigenvalue weighted by molar-refractivity contribution is 0.0527. The fraction of sp³-hybridized carbons (Fsp3) is 0.133. The van der Waals surface area contributed by atoms with Crippen LogP contribution >= 0.6 is 15.9 Å². The van der Waals surface area contributed by atoms with Crippen LogP contribution in [0.15, 0.2) is 39.7 Å². The van der Waals surface area contributed by atoms with Crippen LogP contribution in [-0.4, -0.2) is 32.3 Å². The van der Waals surface area contributed by atoms with Crippen LogP contribution in [0.1, 0.15) is 17.3 Å². The van der Waals surface area contributed by atoms with Crippen LogP contribution in [0.25, 0.3) is 16.8 Å². The van der Waals surface area contributed by atoms with Gasteiger partial charge < -0.3 is 14.8 Å². The number of hydrogen-bond donors (Lipinski definition) is 2. The molecule has 0 saturated heterocycles. The number of nitrogens with one attached hydrogen (secondary N) is 1. The van der Waals surface area contributed by atoms with Crippen molar-refractivity contribution in [3.05, 3.63) is 50.9 Å². The van der Waals surface area contributed by atoms with Crippen LogP contribution in [0, 0.1) is 0 Å². The molecule has 2 aromatic heterocycles. The second-order valence-corrected chi connectivity index (χ2v) is 5.42. The fourth-order valence-corrected chi connectivity index (χ4v) is 2.80. The first kappa shape index (κ1) is 15.3. The van der Waals surface area contributed by atoms with Gasteiger partial charge in [-0.3, -0.25) is 4.79 Å². The summed E-state index contributed by atoms with van der Waals surface area (Å²) in [5, 5.41) is 14.5. The summed E-state index contributed by atoms with van der Waals surface area (Å²) < 4.78 is 6.21. The van der Waals surface area contributed by atoms with Crippen LogP contribution in [0.3, 0.4) is 0 Å². The number of rotatable bonds is 3. The Bertz CT molecular complexity index is 947. The quantitative estimate of drug-likeness (QED) is 0.682. The first-order valence-corrected chi connectivity index (χ1v) is 7.60. The first-order chi connectivity index (χ1) is 11.0. The standard InChI is InChI=1S/C15H12BrN3O4/c1-2-23-15(22)10-11(16)18-19-12(10)17-13(20)9(14(19)21)8-6-4-3-5-7-8/h3-7,21H,2H2,1H3,(H,17,20). The number of esters is 1. The molecule has 23 heavy (non-hydrogen) atoms. The number of benzene rings is 1. The fourth-order valence-electron chi connectivity index (χ4n) is 2.29. The maximum atomic E-state index is 12.4. The maximum absolute atomic E-state index is 12.4. The van der Waals surface area contributed by atoms with E-state index in [1.807, 2.05) is 0 Å². The maximum Gasteiger partial charge on any atom is 0.344 e. The molecular weight excluding hydrogens is 366 g/mol. The molecule has 0 amide bonds. The smallest absolute Gasteiger partial charge is 0.344 e. The summed E-state index contributed by atoms with van der Waals surface area (Å²) in [6, 6.07) is 8.70. The Morgan fingerprint density at radius 2 is 2.09 bits per heavy atom. The summed E-state index contributed by atoms with van der Waals surface area (Å²) in [6.45, 7) is 1.85. The van der Waals surface area contributed by atoms with Gasteiger partial charge in [-0.25, -0.2) is 4.79 Å². The Hall–Kier alpha value is -2.61. The number of nitrogens with zero attached hydrogens (tertiary/aromatic N) is 2. The van der Waals surface area contributed by atoms with Crippen molar-refractivity contribution in [2.75, 3.05) is 6.61 Å². The molecule has 0 unspecified atom stereocenters. The largest absolute Gasteiger partial charge is 0.493 e. The van der Waals surface area contributed by atoms with Gasteiger partial charge in [-0.15, -0.1) is 0 Å². The Balaban J connectivity index is 2.30. The third-order valence-corrected chi connectivity index (χ3v) is 3.82. The lowest BCUT2D eigenvalue weighted by Gasteiger charge is -2.06. The van der Waals surface area contributed by atoms with E-state index < -0.39 is 11.5 Å². The summed E-state index contributed by atoms with van der Waals surface area (Å²) in [6.07, 6.45) is 0. The Kier molecular flexibility index (Phi) is 3.91. The lowest BCUT2D eigenvalue weighted by atomic mass is 10.1. The SMILES string of the molecule is CCOC(=O)c1c(Br)nn2c(O)c(-c3ccccc3)c(=O)[nH]c12. The van der Waals surface area contributed by atoms with Crippen molar-refractivity contribution >= 4 is 27.5 Å². The number of aromatic hydroxyl groups is 1. The zero-order valence-corrected chi connectivity index (χ0v) is 13.6. The van der Waals surface area contributed by atoms with E-state index >= 15 is 0 Å². The Labute approximate surface area is 138 Å². The summed E-state index contributed by atoms with van der Waals surface area (Å²) in [5.41, 5.74) is 0.205. The molecule has 118 valence electrons. The molecule has 3 rings (SSSR count). The van der Waals surface area contributed by atoms with E-state index in [0.29, 0.717) is 5.56 Å². The zero-order chi connectivity index (χ0) is 16.6. The van der Waals surface area contributed by atoms with E-state index in [1.165, 1.54) is 0 Å². The van der Waals surface area contributed by atoms with E-state index in [-0.39, 0.29) is 33.9 Å². The van der Waals surface area contributed by atoms with Crippen LogP contribution < -0.4 is 5.56 Å². The van der Waals surface area contributed by atoms with Crippen molar-refractivity contribution in [1.82, 2.24) is 14.6 Å². The third kappa shape index (κ3) is 2.50. The summed E-state index contributed by atoms with van der Waals surface area (Å²) in [5.74, 6) is -0.997. The number of aromatic nitrogens is 3. The van der Waals surface area contributed by atoms with Crippen molar-refractivity contribution in [1.29, 1.82) is 0 Å². The Morgan fingerprint density at radius 1 is 1.39 bits per heavy atom. The molecule has 0 spiro atoms. The van der Waals surface area contributed by atoms with Gasteiger partial charge in [-0.2, -0.15) is 9.61 Å². The van der Waals surface area contributed by atoms with Crippen LogP contribution in [0.5, 0.6) is 5.88 Å². The predicted molar refractivity (Wildman–Crippen MR) is 86.6 cm³/mol. The summed E-state index contributed by atoms with van der Waals surface area (Å²) in [4.78, 5) is 27.0. The second-order valence-electron chi connectivity index (χ2n) is 4.67. The van der Waals surface area contributed by atoms with Crippen LogP contribution in [-0.2, 0) is 4.74 Å². The highest BCUT2D eigenvalue weighted by molar-refractivity contribution is 9.10. The minimum absolute atomic E-state index is 0.0545.